The third kappa shape index (κ3) is 13.6. The Kier molecular flexibility index (Phi) is 11.4. The quantitative estimate of drug-likeness (QED) is 0.283. The molecule has 0 unspecified atom stereocenters. The van der Waals surface area contributed by atoms with Crippen LogP contribution in [0.15, 0.2) is 30.3 Å². The van der Waals surface area contributed by atoms with Crippen molar-refractivity contribution in [3.05, 3.63) is 35.9 Å². The number of carbonyl (C=O) groups excluding carboxylic acids is 1. The Bertz CT molecular complexity index is 806. The van der Waals surface area contributed by atoms with E-state index >= 15 is 0 Å². The highest BCUT2D eigenvalue weighted by Crippen LogP contribution is 2.10. The zero-order chi connectivity index (χ0) is 22.6. The van der Waals surface area contributed by atoms with Crippen molar-refractivity contribution in [2.75, 3.05) is 58.6 Å². The summed E-state index contributed by atoms with van der Waals surface area (Å²) in [4.78, 5) is 13.7. The highest BCUT2D eigenvalue weighted by atomic mass is 32.2. The third-order valence-corrected chi connectivity index (χ3v) is 5.06. The van der Waals surface area contributed by atoms with Crippen LogP contribution in [0.3, 0.4) is 0 Å². The van der Waals surface area contributed by atoms with Gasteiger partial charge in [0.15, 0.2) is 0 Å². The fourth-order valence-corrected chi connectivity index (χ4v) is 3.19. The minimum atomic E-state index is -3.57. The number of benzene rings is 1. The highest BCUT2D eigenvalue weighted by molar-refractivity contribution is 7.86. The van der Waals surface area contributed by atoms with E-state index in [2.05, 4.69) is 5.32 Å². The summed E-state index contributed by atoms with van der Waals surface area (Å²) in [6, 6.07) is 9.37. The fraction of sp³-hybridized carbons (Fsp3) is 0.611. The number of nitrogens with one attached hydrogen (secondary N) is 1. The molecule has 0 fully saturated rings. The molecule has 172 valence electrons. The van der Waals surface area contributed by atoms with Gasteiger partial charge < -0.3 is 10.1 Å². The first-order chi connectivity index (χ1) is 14.0. The second kappa shape index (κ2) is 13.0. The van der Waals surface area contributed by atoms with Gasteiger partial charge in [-0.15, -0.1) is 0 Å². The van der Waals surface area contributed by atoms with E-state index in [1.807, 2.05) is 37.3 Å². The Morgan fingerprint density at radius 3 is 1.93 bits per heavy atom. The molecule has 0 heterocycles. The van der Waals surface area contributed by atoms with Gasteiger partial charge in [0.05, 0.1) is 38.4 Å². The van der Waals surface area contributed by atoms with Crippen LogP contribution in [0, 0.1) is 0 Å². The highest BCUT2D eigenvalue weighted by Gasteiger charge is 2.12. The van der Waals surface area contributed by atoms with Crippen LogP contribution in [-0.4, -0.2) is 86.2 Å². The van der Waals surface area contributed by atoms with Gasteiger partial charge in [0.2, 0.25) is 5.91 Å². The molecule has 0 spiro atoms. The summed E-state index contributed by atoms with van der Waals surface area (Å²) in [5.41, 5.74) is 0.980. The van der Waals surface area contributed by atoms with E-state index in [1.54, 1.807) is 4.90 Å². The number of carbonyl (C=O) groups is 1. The van der Waals surface area contributed by atoms with Crippen LogP contribution in [0.4, 0.5) is 0 Å². The lowest BCUT2D eigenvalue weighted by atomic mass is 10.1. The summed E-state index contributed by atoms with van der Waals surface area (Å²) in [6.07, 6.45) is 1.89. The maximum absolute atomic E-state index is 12.0. The van der Waals surface area contributed by atoms with Crippen molar-refractivity contribution in [1.29, 1.82) is 0 Å². The molecule has 0 saturated carbocycles. The maximum atomic E-state index is 12.0. The van der Waals surface area contributed by atoms with Crippen LogP contribution >= 0.6 is 0 Å². The molecule has 1 amide bonds. The molecule has 10 nitrogen and oxygen atoms in total. The predicted octanol–water partition coefficient (Wildman–Crippen LogP) is 0.135. The van der Waals surface area contributed by atoms with E-state index < -0.39 is 20.2 Å². The molecule has 30 heavy (non-hydrogen) atoms. The van der Waals surface area contributed by atoms with Crippen LogP contribution in [0.2, 0.25) is 0 Å². The Morgan fingerprint density at radius 2 is 1.43 bits per heavy atom. The second-order valence-corrected chi connectivity index (χ2v) is 9.93. The Labute approximate surface area is 178 Å². The van der Waals surface area contributed by atoms with Gasteiger partial charge in [-0.1, -0.05) is 30.3 Å². The number of ether oxygens (including phenoxy) is 1. The first-order valence-corrected chi connectivity index (χ1v) is 12.9. The van der Waals surface area contributed by atoms with E-state index in [-0.39, 0.29) is 51.5 Å². The Balaban J connectivity index is 2.38. The first kappa shape index (κ1) is 26.5. The van der Waals surface area contributed by atoms with Gasteiger partial charge in [0.25, 0.3) is 20.2 Å². The molecule has 0 radical (unpaired) electrons. The van der Waals surface area contributed by atoms with Crippen molar-refractivity contribution < 1.29 is 34.7 Å². The van der Waals surface area contributed by atoms with Crippen molar-refractivity contribution in [3.63, 3.8) is 0 Å². The van der Waals surface area contributed by atoms with Gasteiger partial charge in [-0.3, -0.25) is 18.1 Å². The smallest absolute Gasteiger partial charge is 0.264 e. The summed E-state index contributed by atoms with van der Waals surface area (Å²) in [5.74, 6) is -0.265. The van der Waals surface area contributed by atoms with Crippen molar-refractivity contribution in [1.82, 2.24) is 10.2 Å². The zero-order valence-corrected chi connectivity index (χ0v) is 19.1. The molecule has 1 N–H and O–H groups in total. The minimum Gasteiger partial charge on any atom is -0.370 e. The molecule has 1 rings (SSSR count). The van der Waals surface area contributed by atoms with Crippen molar-refractivity contribution in [2.45, 2.75) is 13.0 Å². The van der Waals surface area contributed by atoms with E-state index in [0.717, 1.165) is 18.1 Å². The minimum absolute atomic E-state index is 0.0905. The molecule has 0 aromatic heterocycles. The molecule has 0 bridgehead atoms. The van der Waals surface area contributed by atoms with Gasteiger partial charge >= 0.3 is 0 Å². The average Bonchev–Trinajstić information content (AvgIpc) is 2.63. The normalized spacial score (nSPS) is 13.3. The number of hydrogen-bond donors (Lipinski definition) is 1. The molecule has 0 aliphatic carbocycles. The van der Waals surface area contributed by atoms with Gasteiger partial charge in [-0.25, -0.2) is 0 Å². The molecule has 0 aliphatic rings. The van der Waals surface area contributed by atoms with Crippen molar-refractivity contribution >= 4 is 26.1 Å². The monoisotopic (exact) mass is 466 g/mol. The van der Waals surface area contributed by atoms with Crippen LogP contribution in [0.25, 0.3) is 0 Å². The third-order valence-electron chi connectivity index (χ3n) is 3.87. The Hall–Kier alpha value is -1.57. The maximum Gasteiger partial charge on any atom is 0.264 e. The molecule has 1 atom stereocenters. The van der Waals surface area contributed by atoms with Gasteiger partial charge in [0.1, 0.15) is 6.61 Å². The first-order valence-electron chi connectivity index (χ1n) is 9.29. The molecule has 0 aliphatic heterocycles. The molecular weight excluding hydrogens is 436 g/mol. The number of amides is 1. The van der Waals surface area contributed by atoms with E-state index in [0.29, 0.717) is 6.54 Å². The number of nitrogens with zero attached hydrogens (tertiary/aromatic N) is 1. The summed E-state index contributed by atoms with van der Waals surface area (Å²) in [5, 5.41) is 2.84. The number of rotatable bonds is 15. The van der Waals surface area contributed by atoms with Gasteiger partial charge in [-0.2, -0.15) is 16.8 Å². The molecule has 0 saturated heterocycles. The summed E-state index contributed by atoms with van der Waals surface area (Å²) in [7, 11) is -7.14. The fourth-order valence-electron chi connectivity index (χ4n) is 2.44. The van der Waals surface area contributed by atoms with Gasteiger partial charge in [-0.05, 0) is 12.5 Å². The van der Waals surface area contributed by atoms with E-state index in [1.165, 1.54) is 0 Å². The molecule has 12 heteroatoms. The zero-order valence-electron chi connectivity index (χ0n) is 17.4. The predicted molar refractivity (Wildman–Crippen MR) is 112 cm³/mol. The molecule has 1 aromatic rings. The number of hydrogen-bond acceptors (Lipinski definition) is 9. The molecule has 1 aromatic carbocycles. The standard InChI is InChI=1S/C18H30N2O8S2/c1-16(17-7-5-4-6-8-17)19-18(21)15-26-12-9-20(10-13-27-29(2,22)23)11-14-28-30(3,24)25/h4-8,16H,9-15H2,1-3H3,(H,19,21)/t16-/m0/s1. The van der Waals surface area contributed by atoms with E-state index in [9.17, 15) is 21.6 Å². The van der Waals surface area contributed by atoms with Crippen LogP contribution in [-0.2, 0) is 38.1 Å². The SMILES string of the molecule is C[C@H](NC(=O)COCCN(CCOS(C)(=O)=O)CCOS(C)(=O)=O)c1ccccc1. The lowest BCUT2D eigenvalue weighted by molar-refractivity contribution is -0.126. The summed E-state index contributed by atoms with van der Waals surface area (Å²) < 4.78 is 59.1. The second-order valence-electron chi connectivity index (χ2n) is 6.65. The Morgan fingerprint density at radius 1 is 0.933 bits per heavy atom. The molecular formula is C18H30N2O8S2. The topological polar surface area (TPSA) is 128 Å². The van der Waals surface area contributed by atoms with E-state index in [4.69, 9.17) is 13.1 Å². The lowest BCUT2D eigenvalue weighted by Crippen LogP contribution is -2.36. The summed E-state index contributed by atoms with van der Waals surface area (Å²) >= 11 is 0. The van der Waals surface area contributed by atoms with Gasteiger partial charge in [0, 0.05) is 19.6 Å². The largest absolute Gasteiger partial charge is 0.370 e. The van der Waals surface area contributed by atoms with Crippen molar-refractivity contribution in [3.8, 4) is 0 Å². The van der Waals surface area contributed by atoms with Crippen LogP contribution in [0.1, 0.15) is 18.5 Å². The average molecular weight is 467 g/mol. The summed E-state index contributed by atoms with van der Waals surface area (Å²) in [6.45, 7) is 2.52. The van der Waals surface area contributed by atoms with Crippen LogP contribution < -0.4 is 5.32 Å². The van der Waals surface area contributed by atoms with Crippen molar-refractivity contribution in [2.24, 2.45) is 0 Å². The van der Waals surface area contributed by atoms with Crippen LogP contribution in [0.5, 0.6) is 0 Å². The lowest BCUT2D eigenvalue weighted by Gasteiger charge is -2.21.